The molecule has 4 nitrogen and oxygen atoms in total. The molecular weight excluding hydrogens is 394 g/mol. The molecule has 8 heteroatoms. The van der Waals surface area contributed by atoms with E-state index in [9.17, 15) is 9.59 Å². The Labute approximate surface area is 157 Å². The second kappa shape index (κ2) is 6.65. The van der Waals surface area contributed by atoms with Gasteiger partial charge in [0.25, 0.3) is 11.8 Å². The molecule has 24 heavy (non-hydrogen) atoms. The zero-order chi connectivity index (χ0) is 17.4. The van der Waals surface area contributed by atoms with Gasteiger partial charge in [-0.25, -0.2) is 4.90 Å². The Morgan fingerprint density at radius 2 is 1.33 bits per heavy atom. The van der Waals surface area contributed by atoms with Crippen LogP contribution in [0.25, 0.3) is 0 Å². The van der Waals surface area contributed by atoms with E-state index in [4.69, 9.17) is 46.4 Å². The molecule has 0 bridgehead atoms. The van der Waals surface area contributed by atoms with Crippen molar-refractivity contribution in [2.24, 2.45) is 0 Å². The summed E-state index contributed by atoms with van der Waals surface area (Å²) >= 11 is 23.7. The molecule has 0 spiro atoms. The molecule has 0 saturated heterocycles. The summed E-state index contributed by atoms with van der Waals surface area (Å²) in [6.45, 7) is 0. The monoisotopic (exact) mass is 400 g/mol. The minimum atomic E-state index is -0.656. The SMILES string of the molecule is O=C1C(Cl)=C(Nc2ccc(Cl)cc2)C(=O)N1c1cc(Cl)cc(Cl)c1. The standard InChI is InChI=1S/C16H8Cl4N2O2/c17-8-1-3-11(4-2-8)21-14-13(20)15(23)22(16(14)24)12-6-9(18)5-10(19)7-12/h1-7,21H. The minimum absolute atomic E-state index is 0.0277. The van der Waals surface area contributed by atoms with Crippen molar-refractivity contribution in [3.63, 3.8) is 0 Å². The van der Waals surface area contributed by atoms with Gasteiger partial charge in [0.05, 0.1) is 5.69 Å². The molecule has 3 rings (SSSR count). The largest absolute Gasteiger partial charge is 0.350 e. The molecule has 1 heterocycles. The molecule has 0 aromatic heterocycles. The molecule has 1 aliphatic heterocycles. The number of rotatable bonds is 3. The second-order valence-electron chi connectivity index (χ2n) is 4.89. The first kappa shape index (κ1) is 17.1. The van der Waals surface area contributed by atoms with E-state index in [2.05, 4.69) is 5.32 Å². The molecule has 0 saturated carbocycles. The Balaban J connectivity index is 1.94. The lowest BCUT2D eigenvalue weighted by atomic mass is 10.3. The highest BCUT2D eigenvalue weighted by Gasteiger charge is 2.39. The molecule has 0 unspecified atom stereocenters. The van der Waals surface area contributed by atoms with Crippen molar-refractivity contribution >= 4 is 69.6 Å². The fourth-order valence-electron chi connectivity index (χ4n) is 2.19. The van der Waals surface area contributed by atoms with Gasteiger partial charge >= 0.3 is 0 Å². The molecule has 2 amide bonds. The Kier molecular flexibility index (Phi) is 4.74. The number of nitrogens with zero attached hydrogens (tertiary/aromatic N) is 1. The first-order valence-corrected chi connectivity index (χ1v) is 8.15. The minimum Gasteiger partial charge on any atom is -0.350 e. The average molecular weight is 402 g/mol. The van der Waals surface area contributed by atoms with Crippen LogP contribution in [-0.2, 0) is 9.59 Å². The van der Waals surface area contributed by atoms with E-state index in [-0.39, 0.29) is 16.4 Å². The highest BCUT2D eigenvalue weighted by atomic mass is 35.5. The van der Waals surface area contributed by atoms with E-state index in [1.807, 2.05) is 0 Å². The van der Waals surface area contributed by atoms with E-state index in [0.29, 0.717) is 20.8 Å². The molecule has 0 fully saturated rings. The summed E-state index contributed by atoms with van der Waals surface area (Å²) in [6.07, 6.45) is 0. The second-order valence-corrected chi connectivity index (χ2v) is 6.58. The van der Waals surface area contributed by atoms with Crippen molar-refractivity contribution in [3.05, 3.63) is 68.3 Å². The predicted molar refractivity (Wildman–Crippen MR) is 96.9 cm³/mol. The molecule has 1 N–H and O–H groups in total. The van der Waals surface area contributed by atoms with Crippen LogP contribution >= 0.6 is 46.4 Å². The molecule has 2 aromatic carbocycles. The predicted octanol–water partition coefficient (Wildman–Crippen LogP) is 5.08. The smallest absolute Gasteiger partial charge is 0.283 e. The summed E-state index contributed by atoms with van der Waals surface area (Å²) < 4.78 is 0. The van der Waals surface area contributed by atoms with Crippen LogP contribution in [0.2, 0.25) is 15.1 Å². The summed E-state index contributed by atoms with van der Waals surface area (Å²) in [5.41, 5.74) is 0.785. The van der Waals surface area contributed by atoms with Gasteiger partial charge in [0.15, 0.2) is 0 Å². The van der Waals surface area contributed by atoms with E-state index >= 15 is 0 Å². The lowest BCUT2D eigenvalue weighted by Crippen LogP contribution is -2.32. The maximum Gasteiger partial charge on any atom is 0.283 e. The highest BCUT2D eigenvalue weighted by Crippen LogP contribution is 2.33. The average Bonchev–Trinajstić information content (AvgIpc) is 2.72. The molecule has 122 valence electrons. The summed E-state index contributed by atoms with van der Waals surface area (Å²) in [4.78, 5) is 25.9. The number of halogens is 4. The maximum atomic E-state index is 12.6. The van der Waals surface area contributed by atoms with Gasteiger partial charge in [0, 0.05) is 20.8 Å². The van der Waals surface area contributed by atoms with Gasteiger partial charge in [0.2, 0.25) is 0 Å². The van der Waals surface area contributed by atoms with Crippen molar-refractivity contribution in [1.29, 1.82) is 0 Å². The number of amides is 2. The zero-order valence-corrected chi connectivity index (χ0v) is 14.8. The zero-order valence-electron chi connectivity index (χ0n) is 11.8. The van der Waals surface area contributed by atoms with E-state index in [1.165, 1.54) is 18.2 Å². The lowest BCUT2D eigenvalue weighted by molar-refractivity contribution is -0.120. The first-order valence-electron chi connectivity index (χ1n) is 6.64. The van der Waals surface area contributed by atoms with Crippen molar-refractivity contribution in [1.82, 2.24) is 0 Å². The van der Waals surface area contributed by atoms with Crippen LogP contribution in [0, 0.1) is 0 Å². The van der Waals surface area contributed by atoms with Gasteiger partial charge in [-0.1, -0.05) is 46.4 Å². The van der Waals surface area contributed by atoms with Gasteiger partial charge in [-0.3, -0.25) is 9.59 Å². The Morgan fingerprint density at radius 1 is 0.750 bits per heavy atom. The Morgan fingerprint density at radius 3 is 1.92 bits per heavy atom. The van der Waals surface area contributed by atoms with Crippen molar-refractivity contribution in [2.45, 2.75) is 0 Å². The van der Waals surface area contributed by atoms with Crippen LogP contribution in [0.5, 0.6) is 0 Å². The number of carbonyl (C=O) groups is 2. The number of anilines is 2. The van der Waals surface area contributed by atoms with Crippen LogP contribution < -0.4 is 10.2 Å². The highest BCUT2D eigenvalue weighted by molar-refractivity contribution is 6.53. The third-order valence-electron chi connectivity index (χ3n) is 3.25. The summed E-state index contributed by atoms with van der Waals surface area (Å²) in [6, 6.07) is 11.0. The van der Waals surface area contributed by atoms with Crippen LogP contribution in [0.15, 0.2) is 53.2 Å². The Hall–Kier alpha value is -1.72. The molecule has 0 atom stereocenters. The molecule has 1 aliphatic rings. The quantitative estimate of drug-likeness (QED) is 0.729. The summed E-state index contributed by atoms with van der Waals surface area (Å²) in [5, 5.41) is 3.77. The van der Waals surface area contributed by atoms with Gasteiger partial charge in [-0.15, -0.1) is 0 Å². The van der Waals surface area contributed by atoms with Gasteiger partial charge in [-0.05, 0) is 42.5 Å². The topological polar surface area (TPSA) is 49.4 Å². The third kappa shape index (κ3) is 3.23. The first-order chi connectivity index (χ1) is 11.4. The fraction of sp³-hybridized carbons (Fsp3) is 0. The molecular formula is C16H8Cl4N2O2. The molecule has 0 aliphatic carbocycles. The van der Waals surface area contributed by atoms with Crippen molar-refractivity contribution in [2.75, 3.05) is 10.2 Å². The number of carbonyl (C=O) groups excluding carboxylic acids is 2. The summed E-state index contributed by atoms with van der Waals surface area (Å²) in [5.74, 6) is -1.25. The van der Waals surface area contributed by atoms with Crippen molar-refractivity contribution in [3.8, 4) is 0 Å². The molecule has 0 radical (unpaired) electrons. The van der Waals surface area contributed by atoms with Crippen LogP contribution in [0.3, 0.4) is 0 Å². The lowest BCUT2D eigenvalue weighted by Gasteiger charge is -2.15. The van der Waals surface area contributed by atoms with Gasteiger partial charge < -0.3 is 5.32 Å². The number of nitrogens with one attached hydrogen (secondary N) is 1. The number of benzene rings is 2. The fourth-order valence-corrected chi connectivity index (χ4v) is 3.04. The van der Waals surface area contributed by atoms with Crippen molar-refractivity contribution < 1.29 is 9.59 Å². The normalized spacial score (nSPS) is 14.6. The number of imide groups is 1. The van der Waals surface area contributed by atoms with E-state index < -0.39 is 11.8 Å². The summed E-state index contributed by atoms with van der Waals surface area (Å²) in [7, 11) is 0. The van der Waals surface area contributed by atoms with E-state index in [1.54, 1.807) is 24.3 Å². The maximum absolute atomic E-state index is 12.6. The number of hydrogen-bond donors (Lipinski definition) is 1. The molecule has 2 aromatic rings. The van der Waals surface area contributed by atoms with Gasteiger partial charge in [0.1, 0.15) is 10.7 Å². The van der Waals surface area contributed by atoms with Gasteiger partial charge in [-0.2, -0.15) is 0 Å². The third-order valence-corrected chi connectivity index (χ3v) is 4.29. The van der Waals surface area contributed by atoms with Crippen LogP contribution in [0.1, 0.15) is 0 Å². The number of hydrogen-bond acceptors (Lipinski definition) is 3. The van der Waals surface area contributed by atoms with Crippen LogP contribution in [0.4, 0.5) is 11.4 Å². The van der Waals surface area contributed by atoms with E-state index in [0.717, 1.165) is 4.90 Å². The van der Waals surface area contributed by atoms with Crippen LogP contribution in [-0.4, -0.2) is 11.8 Å². The Bertz CT molecular complexity index is 858.